The van der Waals surface area contributed by atoms with Crippen molar-refractivity contribution in [1.29, 1.82) is 0 Å². The van der Waals surface area contributed by atoms with Crippen LogP contribution in [0.4, 0.5) is 0 Å². The monoisotopic (exact) mass is 476 g/mol. The average molecular weight is 476 g/mol. The largest absolute Gasteiger partial charge is 0.530 e. The van der Waals surface area contributed by atoms with E-state index in [1.165, 1.54) is 17.7 Å². The maximum Gasteiger partial charge on any atom is 0.530 e. The summed E-state index contributed by atoms with van der Waals surface area (Å²) in [5, 5.41) is 0. The van der Waals surface area contributed by atoms with Crippen LogP contribution in [0.15, 0.2) is 52.7 Å². The van der Waals surface area contributed by atoms with Crippen molar-refractivity contribution in [3.63, 3.8) is 0 Å². The molecule has 0 aliphatic carbocycles. The minimum atomic E-state index is -3.91. The number of fused-ring (bicyclic) bond motifs is 1. The summed E-state index contributed by atoms with van der Waals surface area (Å²) in [5.74, 6) is -0.0130. The summed E-state index contributed by atoms with van der Waals surface area (Å²) in [6, 6.07) is 4.82. The van der Waals surface area contributed by atoms with Crippen molar-refractivity contribution in [3.8, 4) is 5.75 Å². The number of hydrogen-bond acceptors (Lipinski definition) is 9. The van der Waals surface area contributed by atoms with Gasteiger partial charge in [-0.2, -0.15) is 0 Å². The van der Waals surface area contributed by atoms with Crippen LogP contribution in [-0.2, 0) is 34.5 Å². The Morgan fingerprint density at radius 3 is 2.88 bits per heavy atom. The number of phosphoric acid groups is 1. The van der Waals surface area contributed by atoms with Crippen LogP contribution >= 0.6 is 7.82 Å². The number of esters is 1. The average Bonchev–Trinajstić information content (AvgIpc) is 3.23. The fourth-order valence-corrected chi connectivity index (χ4v) is 4.45. The predicted molar refractivity (Wildman–Crippen MR) is 115 cm³/mol. The van der Waals surface area contributed by atoms with Gasteiger partial charge in [0.15, 0.2) is 6.23 Å². The number of nitrogens with zero attached hydrogens (tertiary/aromatic N) is 1. The number of benzene rings is 1. The zero-order valence-electron chi connectivity index (χ0n) is 17.8. The molecule has 0 spiro atoms. The molecule has 12 heteroatoms. The molecule has 3 atom stereocenters. The molecule has 0 bridgehead atoms. The standard InChI is InChI=1S/C21H21N2O9P/c1-12-9-23(21(26)22-20(12)25)19-7-5-17(31-19)11-29-33(27)28-10-16-8-15(4-6-18(16)32-33)13(2)30-14(3)24/h4-9,17,19H,2,10-11H2,1,3H3,(H,22,25,26)/t17-,19+,33?/m0/s1. The number of aryl methyl sites for hydroxylation is 1. The molecule has 0 saturated carbocycles. The maximum absolute atomic E-state index is 12.9. The molecule has 0 amide bonds. The summed E-state index contributed by atoms with van der Waals surface area (Å²) in [5.41, 5.74) is 0.419. The first-order valence-corrected chi connectivity index (χ1v) is 11.3. The van der Waals surface area contributed by atoms with E-state index in [1.807, 2.05) is 0 Å². The van der Waals surface area contributed by atoms with Crippen molar-refractivity contribution in [1.82, 2.24) is 9.55 Å². The van der Waals surface area contributed by atoms with Crippen LogP contribution in [0, 0.1) is 6.92 Å². The lowest BCUT2D eigenvalue weighted by molar-refractivity contribution is -0.134. The highest BCUT2D eigenvalue weighted by molar-refractivity contribution is 7.49. The summed E-state index contributed by atoms with van der Waals surface area (Å²) in [6.07, 6.45) is 3.30. The number of carbonyl (C=O) groups is 1. The SMILES string of the molecule is C=C(OC(C)=O)c1ccc2c(c1)COP(=O)(OC[C@@H]1C=C[C@H](n3cc(C)c(=O)[nH]c3=O)O1)O2. The van der Waals surface area contributed by atoms with Crippen molar-refractivity contribution >= 4 is 19.6 Å². The van der Waals surface area contributed by atoms with E-state index in [0.29, 0.717) is 22.4 Å². The fourth-order valence-electron chi connectivity index (χ4n) is 3.23. The third-order valence-electron chi connectivity index (χ3n) is 4.86. The Kier molecular flexibility index (Phi) is 6.22. The molecular weight excluding hydrogens is 455 g/mol. The lowest BCUT2D eigenvalue weighted by Gasteiger charge is -2.26. The van der Waals surface area contributed by atoms with Crippen molar-refractivity contribution in [3.05, 3.63) is 80.7 Å². The normalized spacial score (nSPS) is 23.6. The Hall–Kier alpha value is -3.24. The third kappa shape index (κ3) is 5.07. The van der Waals surface area contributed by atoms with Gasteiger partial charge in [0.1, 0.15) is 17.6 Å². The van der Waals surface area contributed by atoms with Crippen molar-refractivity contribution in [2.24, 2.45) is 0 Å². The van der Waals surface area contributed by atoms with Crippen molar-refractivity contribution in [2.45, 2.75) is 32.8 Å². The number of hydrogen-bond donors (Lipinski definition) is 1. The molecule has 1 aromatic heterocycles. The molecule has 1 N–H and O–H groups in total. The molecule has 11 nitrogen and oxygen atoms in total. The first-order valence-electron chi connectivity index (χ1n) is 9.89. The highest BCUT2D eigenvalue weighted by atomic mass is 31.2. The van der Waals surface area contributed by atoms with Crippen molar-refractivity contribution in [2.75, 3.05) is 6.61 Å². The highest BCUT2D eigenvalue weighted by Crippen LogP contribution is 2.54. The number of carbonyl (C=O) groups excluding carboxylic acids is 1. The Morgan fingerprint density at radius 1 is 1.33 bits per heavy atom. The van der Waals surface area contributed by atoms with Gasteiger partial charge in [0.2, 0.25) is 0 Å². The number of phosphoric ester groups is 1. The van der Waals surface area contributed by atoms with Crippen LogP contribution < -0.4 is 15.8 Å². The second-order valence-electron chi connectivity index (χ2n) is 7.38. The first kappa shape index (κ1) is 22.9. The summed E-state index contributed by atoms with van der Waals surface area (Å²) < 4.78 is 41.0. The molecule has 1 unspecified atom stereocenters. The van der Waals surface area contributed by atoms with Gasteiger partial charge in [-0.05, 0) is 31.2 Å². The van der Waals surface area contributed by atoms with Crippen LogP contribution in [0.5, 0.6) is 5.75 Å². The van der Waals surface area contributed by atoms with Crippen LogP contribution in [-0.4, -0.2) is 28.2 Å². The summed E-state index contributed by atoms with van der Waals surface area (Å²) >= 11 is 0. The number of rotatable bonds is 6. The zero-order chi connectivity index (χ0) is 23.8. The minimum Gasteiger partial charge on any atom is -0.427 e. The Bertz CT molecular complexity index is 1310. The quantitative estimate of drug-likeness (QED) is 0.289. The van der Waals surface area contributed by atoms with Gasteiger partial charge in [0.25, 0.3) is 5.56 Å². The lowest BCUT2D eigenvalue weighted by atomic mass is 10.1. The van der Waals surface area contributed by atoms with Gasteiger partial charge < -0.3 is 14.0 Å². The van der Waals surface area contributed by atoms with E-state index in [-0.39, 0.29) is 19.0 Å². The molecule has 2 aromatic rings. The Balaban J connectivity index is 1.37. The van der Waals surface area contributed by atoms with E-state index in [4.69, 9.17) is 23.0 Å². The summed E-state index contributed by atoms with van der Waals surface area (Å²) in [4.78, 5) is 36.9. The zero-order valence-corrected chi connectivity index (χ0v) is 18.7. The Morgan fingerprint density at radius 2 is 2.12 bits per heavy atom. The number of ether oxygens (including phenoxy) is 2. The molecule has 174 valence electrons. The molecule has 1 aromatic carbocycles. The van der Waals surface area contributed by atoms with Crippen molar-refractivity contribution < 1.29 is 32.4 Å². The van der Waals surface area contributed by atoms with Crippen LogP contribution in [0.1, 0.15) is 29.8 Å². The molecule has 0 fully saturated rings. The second kappa shape index (κ2) is 8.95. The number of H-pyrrole nitrogens is 1. The Labute approximate surface area is 187 Å². The molecule has 2 aliphatic heterocycles. The van der Waals surface area contributed by atoms with E-state index in [1.54, 1.807) is 37.3 Å². The number of nitrogens with one attached hydrogen (secondary N) is 1. The van der Waals surface area contributed by atoms with Crippen LogP contribution in [0.3, 0.4) is 0 Å². The summed E-state index contributed by atoms with van der Waals surface area (Å²) in [7, 11) is -3.91. The second-order valence-corrected chi connectivity index (χ2v) is 8.97. The van der Waals surface area contributed by atoms with Gasteiger partial charge in [-0.25, -0.2) is 9.36 Å². The predicted octanol–water partition coefficient (Wildman–Crippen LogP) is 2.57. The van der Waals surface area contributed by atoms with E-state index in [9.17, 15) is 18.9 Å². The molecule has 4 rings (SSSR count). The minimum absolute atomic E-state index is 0.0517. The van der Waals surface area contributed by atoms with Gasteiger partial charge >= 0.3 is 19.5 Å². The lowest BCUT2D eigenvalue weighted by Crippen LogP contribution is -2.33. The van der Waals surface area contributed by atoms with Gasteiger partial charge in [-0.3, -0.25) is 28.2 Å². The maximum atomic E-state index is 12.9. The fraction of sp³-hybridized carbons (Fsp3) is 0.286. The van der Waals surface area contributed by atoms with Crippen LogP contribution in [0.2, 0.25) is 0 Å². The van der Waals surface area contributed by atoms with Gasteiger partial charge in [0.05, 0.1) is 13.2 Å². The van der Waals surface area contributed by atoms with Gasteiger partial charge in [-0.1, -0.05) is 12.7 Å². The summed E-state index contributed by atoms with van der Waals surface area (Å²) in [6.45, 7) is 6.34. The van der Waals surface area contributed by atoms with E-state index >= 15 is 0 Å². The third-order valence-corrected chi connectivity index (χ3v) is 6.19. The number of aromatic nitrogens is 2. The van der Waals surface area contributed by atoms with Gasteiger partial charge in [-0.15, -0.1) is 0 Å². The van der Waals surface area contributed by atoms with E-state index in [0.717, 1.165) is 0 Å². The molecule has 3 heterocycles. The molecule has 2 aliphatic rings. The molecule has 33 heavy (non-hydrogen) atoms. The molecule has 0 radical (unpaired) electrons. The van der Waals surface area contributed by atoms with E-state index < -0.39 is 37.4 Å². The topological polar surface area (TPSA) is 135 Å². The van der Waals surface area contributed by atoms with E-state index in [2.05, 4.69) is 11.6 Å². The van der Waals surface area contributed by atoms with Crippen LogP contribution in [0.25, 0.3) is 5.76 Å². The number of aromatic amines is 1. The first-order chi connectivity index (χ1) is 15.6. The molecular formula is C21H21N2O9P. The smallest absolute Gasteiger partial charge is 0.427 e. The highest BCUT2D eigenvalue weighted by Gasteiger charge is 2.36. The molecule has 0 saturated heterocycles. The van der Waals surface area contributed by atoms with Gasteiger partial charge in [0, 0.05) is 29.8 Å².